The van der Waals surface area contributed by atoms with Crippen LogP contribution in [0.2, 0.25) is 0 Å². The molecule has 5 rings (SSSR count). The van der Waals surface area contributed by atoms with E-state index in [9.17, 15) is 9.59 Å². The van der Waals surface area contributed by atoms with Crippen LogP contribution in [0, 0.1) is 6.92 Å². The van der Waals surface area contributed by atoms with E-state index >= 15 is 0 Å². The predicted octanol–water partition coefficient (Wildman–Crippen LogP) is 4.74. The molecule has 0 atom stereocenters. The molecule has 1 aliphatic heterocycles. The molecule has 2 aromatic carbocycles. The minimum atomic E-state index is -0.436. The largest absolute Gasteiger partial charge is 0.492 e. The molecule has 0 aliphatic carbocycles. The van der Waals surface area contributed by atoms with Gasteiger partial charge in [-0.15, -0.1) is 0 Å². The molecule has 38 heavy (non-hydrogen) atoms. The zero-order valence-corrected chi connectivity index (χ0v) is 21.0. The summed E-state index contributed by atoms with van der Waals surface area (Å²) in [5.41, 5.74) is 2.69. The van der Waals surface area contributed by atoms with Crippen molar-refractivity contribution in [3.63, 3.8) is 0 Å². The van der Waals surface area contributed by atoms with Crippen molar-refractivity contribution < 1.29 is 18.8 Å². The van der Waals surface area contributed by atoms with Crippen molar-refractivity contribution in [2.45, 2.75) is 19.8 Å². The first kappa shape index (κ1) is 25.0. The predicted molar refractivity (Wildman–Crippen MR) is 143 cm³/mol. The standard InChI is InChI=1S/C27H29N7O4/c1-18-16-25(33-38-18)31-27(36)29-21-7-4-19(5-8-21)22-17-20(26(35)30-24-10-11-28-32-24)6-9-23(22)37-15-14-34-12-2-3-13-34/h4-11,16-17H,2-3,12-15H2,1H3,(H2,28,30,32,35)(H2,29,31,33,36). The van der Waals surface area contributed by atoms with Crippen molar-refractivity contribution >= 4 is 29.3 Å². The lowest BCUT2D eigenvalue weighted by molar-refractivity contribution is 0.102. The summed E-state index contributed by atoms with van der Waals surface area (Å²) in [6, 6.07) is 15.6. The Bertz CT molecular complexity index is 1380. The lowest BCUT2D eigenvalue weighted by Gasteiger charge is -2.17. The molecule has 4 N–H and O–H groups in total. The van der Waals surface area contributed by atoms with E-state index in [4.69, 9.17) is 9.26 Å². The summed E-state index contributed by atoms with van der Waals surface area (Å²) in [7, 11) is 0. The molecule has 2 aromatic heterocycles. The van der Waals surface area contributed by atoms with E-state index in [-0.39, 0.29) is 5.91 Å². The third kappa shape index (κ3) is 6.37. The molecule has 1 aliphatic rings. The number of carbonyl (C=O) groups is 2. The third-order valence-electron chi connectivity index (χ3n) is 6.18. The monoisotopic (exact) mass is 515 g/mol. The second kappa shape index (κ2) is 11.6. The van der Waals surface area contributed by atoms with Crippen molar-refractivity contribution in [1.82, 2.24) is 20.3 Å². The highest BCUT2D eigenvalue weighted by atomic mass is 16.5. The molecule has 0 unspecified atom stereocenters. The number of rotatable bonds is 9. The second-order valence-corrected chi connectivity index (χ2v) is 9.01. The number of ether oxygens (including phenoxy) is 1. The van der Waals surface area contributed by atoms with Gasteiger partial charge in [-0.25, -0.2) is 4.79 Å². The summed E-state index contributed by atoms with van der Waals surface area (Å²) in [5, 5.41) is 18.5. The molecule has 1 saturated heterocycles. The van der Waals surface area contributed by atoms with E-state index in [1.165, 1.54) is 12.8 Å². The first-order valence-electron chi connectivity index (χ1n) is 12.5. The van der Waals surface area contributed by atoms with Gasteiger partial charge in [0.2, 0.25) is 0 Å². The number of nitrogens with one attached hydrogen (secondary N) is 4. The van der Waals surface area contributed by atoms with Crippen LogP contribution < -0.4 is 20.7 Å². The average Bonchev–Trinajstić information content (AvgIpc) is 3.69. The van der Waals surface area contributed by atoms with Crippen molar-refractivity contribution in [3.8, 4) is 16.9 Å². The molecule has 0 bridgehead atoms. The van der Waals surface area contributed by atoms with Gasteiger partial charge in [-0.1, -0.05) is 17.3 Å². The number of benzene rings is 2. The molecule has 196 valence electrons. The van der Waals surface area contributed by atoms with Crippen molar-refractivity contribution in [1.29, 1.82) is 0 Å². The fraction of sp³-hybridized carbons (Fsp3) is 0.259. The number of aromatic nitrogens is 3. The summed E-state index contributed by atoms with van der Waals surface area (Å²) < 4.78 is 11.1. The van der Waals surface area contributed by atoms with Crippen molar-refractivity contribution in [3.05, 3.63) is 72.1 Å². The van der Waals surface area contributed by atoms with E-state index < -0.39 is 6.03 Å². The highest BCUT2D eigenvalue weighted by Crippen LogP contribution is 2.32. The maximum absolute atomic E-state index is 12.8. The lowest BCUT2D eigenvalue weighted by Crippen LogP contribution is -2.25. The van der Waals surface area contributed by atoms with Crippen LogP contribution in [-0.2, 0) is 0 Å². The van der Waals surface area contributed by atoms with Crippen molar-refractivity contribution in [2.24, 2.45) is 0 Å². The molecule has 11 nitrogen and oxygen atoms in total. The SMILES string of the molecule is Cc1cc(NC(=O)Nc2ccc(-c3cc(C(=O)Nc4ccn[nH]4)ccc3OCCN3CCCC3)cc2)no1. The number of aryl methyl sites for hydroxylation is 1. The van der Waals surface area contributed by atoms with E-state index in [0.717, 1.165) is 30.8 Å². The number of aromatic amines is 1. The number of H-pyrrole nitrogens is 1. The van der Waals surface area contributed by atoms with Crippen LogP contribution in [0.1, 0.15) is 29.0 Å². The Labute approximate surface area is 219 Å². The summed E-state index contributed by atoms with van der Waals surface area (Å²) in [5.74, 6) is 1.86. The van der Waals surface area contributed by atoms with Gasteiger partial charge in [0.05, 0.1) is 6.20 Å². The topological polar surface area (TPSA) is 137 Å². The number of hydrogen-bond acceptors (Lipinski definition) is 7. The Kier molecular flexibility index (Phi) is 7.65. The van der Waals surface area contributed by atoms with Crippen LogP contribution in [0.15, 0.2) is 65.3 Å². The maximum atomic E-state index is 12.8. The Morgan fingerprint density at radius 3 is 2.55 bits per heavy atom. The second-order valence-electron chi connectivity index (χ2n) is 9.01. The summed E-state index contributed by atoms with van der Waals surface area (Å²) in [4.78, 5) is 27.5. The highest BCUT2D eigenvalue weighted by molar-refractivity contribution is 6.05. The van der Waals surface area contributed by atoms with E-state index in [0.29, 0.717) is 41.0 Å². The summed E-state index contributed by atoms with van der Waals surface area (Å²) in [6.07, 6.45) is 4.02. The van der Waals surface area contributed by atoms with Crippen LogP contribution in [0.25, 0.3) is 11.1 Å². The number of nitrogens with zero attached hydrogens (tertiary/aromatic N) is 3. The number of carbonyl (C=O) groups excluding carboxylic acids is 2. The Hall–Kier alpha value is -4.64. The van der Waals surface area contributed by atoms with Crippen LogP contribution >= 0.6 is 0 Å². The quantitative estimate of drug-likeness (QED) is 0.253. The number of anilines is 3. The van der Waals surface area contributed by atoms with Gasteiger partial charge < -0.3 is 19.9 Å². The normalized spacial score (nSPS) is 13.3. The molecule has 0 radical (unpaired) electrons. The van der Waals surface area contributed by atoms with Gasteiger partial charge in [0, 0.05) is 35.5 Å². The van der Waals surface area contributed by atoms with Gasteiger partial charge in [-0.2, -0.15) is 5.10 Å². The fourth-order valence-electron chi connectivity index (χ4n) is 4.27. The number of hydrogen-bond donors (Lipinski definition) is 4. The first-order chi connectivity index (χ1) is 18.5. The molecule has 3 amide bonds. The minimum Gasteiger partial charge on any atom is -0.492 e. The molecule has 3 heterocycles. The Morgan fingerprint density at radius 2 is 1.84 bits per heavy atom. The third-order valence-corrected chi connectivity index (χ3v) is 6.18. The van der Waals surface area contributed by atoms with Gasteiger partial charge in [0.15, 0.2) is 5.82 Å². The fourth-order valence-corrected chi connectivity index (χ4v) is 4.27. The molecule has 11 heteroatoms. The van der Waals surface area contributed by atoms with E-state index in [1.807, 2.05) is 18.2 Å². The smallest absolute Gasteiger partial charge is 0.324 e. The number of amides is 3. The molecular weight excluding hydrogens is 486 g/mol. The maximum Gasteiger partial charge on any atom is 0.324 e. The van der Waals surface area contributed by atoms with Crippen LogP contribution in [0.5, 0.6) is 5.75 Å². The van der Waals surface area contributed by atoms with Crippen molar-refractivity contribution in [2.75, 3.05) is 42.2 Å². The minimum absolute atomic E-state index is 0.267. The molecule has 0 spiro atoms. The van der Waals surface area contributed by atoms with Gasteiger partial charge in [0.25, 0.3) is 5.91 Å². The molecule has 0 saturated carbocycles. The van der Waals surface area contributed by atoms with Gasteiger partial charge in [0.1, 0.15) is 23.9 Å². The van der Waals surface area contributed by atoms with Gasteiger partial charge in [-0.05, 0) is 68.8 Å². The van der Waals surface area contributed by atoms with Crippen LogP contribution in [0.4, 0.5) is 22.1 Å². The number of urea groups is 1. The van der Waals surface area contributed by atoms with Gasteiger partial charge in [-0.3, -0.25) is 20.1 Å². The summed E-state index contributed by atoms with van der Waals surface area (Å²) in [6.45, 7) is 5.34. The average molecular weight is 516 g/mol. The number of likely N-dealkylation sites (tertiary alicyclic amines) is 1. The zero-order valence-electron chi connectivity index (χ0n) is 21.0. The Morgan fingerprint density at radius 1 is 1.03 bits per heavy atom. The molecule has 4 aromatic rings. The molecule has 1 fully saturated rings. The Balaban J connectivity index is 1.32. The van der Waals surface area contributed by atoms with E-state index in [2.05, 4.69) is 36.2 Å². The van der Waals surface area contributed by atoms with Crippen LogP contribution in [0.3, 0.4) is 0 Å². The summed E-state index contributed by atoms with van der Waals surface area (Å²) >= 11 is 0. The molecular formula is C27H29N7O4. The zero-order chi connectivity index (χ0) is 26.3. The first-order valence-corrected chi connectivity index (χ1v) is 12.5. The van der Waals surface area contributed by atoms with Crippen LogP contribution in [-0.4, -0.2) is 58.4 Å². The highest BCUT2D eigenvalue weighted by Gasteiger charge is 2.15. The van der Waals surface area contributed by atoms with E-state index in [1.54, 1.807) is 49.5 Å². The van der Waals surface area contributed by atoms with Gasteiger partial charge >= 0.3 is 6.03 Å². The lowest BCUT2D eigenvalue weighted by atomic mass is 10.0.